The lowest BCUT2D eigenvalue weighted by Gasteiger charge is -2.05. The number of hydrogen-bond acceptors (Lipinski definition) is 4. The number of benzene rings is 1. The quantitative estimate of drug-likeness (QED) is 0.665. The number of ether oxygens (including phenoxy) is 3. The molecule has 0 spiro atoms. The van der Waals surface area contributed by atoms with E-state index < -0.39 is 6.10 Å². The monoisotopic (exact) mass is 194 g/mol. The van der Waals surface area contributed by atoms with E-state index >= 15 is 0 Å². The average Bonchev–Trinajstić information content (AvgIpc) is 2.65. The van der Waals surface area contributed by atoms with Gasteiger partial charge in [0.2, 0.25) is 0 Å². The molecule has 0 aliphatic carbocycles. The molecule has 1 atom stereocenters. The van der Waals surface area contributed by atoms with Gasteiger partial charge in [-0.25, -0.2) is 4.79 Å². The molecule has 0 amide bonds. The van der Waals surface area contributed by atoms with Crippen molar-refractivity contribution < 1.29 is 19.0 Å². The summed E-state index contributed by atoms with van der Waals surface area (Å²) in [7, 11) is 1.59. The van der Waals surface area contributed by atoms with Gasteiger partial charge < -0.3 is 14.2 Å². The summed E-state index contributed by atoms with van der Waals surface area (Å²) in [6.45, 7) is 0.0372. The van der Waals surface area contributed by atoms with Crippen LogP contribution in [0.4, 0.5) is 0 Å². The minimum atomic E-state index is -0.582. The van der Waals surface area contributed by atoms with Crippen molar-refractivity contribution in [2.45, 2.75) is 6.10 Å². The fourth-order valence-electron chi connectivity index (χ4n) is 1.31. The van der Waals surface area contributed by atoms with Gasteiger partial charge in [0, 0.05) is 0 Å². The maximum Gasteiger partial charge on any atom is 0.342 e. The van der Waals surface area contributed by atoms with Gasteiger partial charge in [-0.15, -0.1) is 0 Å². The number of hydrogen-bond donors (Lipinski definition) is 0. The summed E-state index contributed by atoms with van der Waals surface area (Å²) in [5, 5.41) is 0. The van der Waals surface area contributed by atoms with Crippen LogP contribution in [0.3, 0.4) is 0 Å². The van der Waals surface area contributed by atoms with Crippen molar-refractivity contribution >= 4 is 5.97 Å². The Hall–Kier alpha value is -1.55. The smallest absolute Gasteiger partial charge is 0.342 e. The Morgan fingerprint density at radius 1 is 1.36 bits per heavy atom. The molecular weight excluding hydrogens is 184 g/mol. The molecule has 1 heterocycles. The first-order valence-corrected chi connectivity index (χ1v) is 4.23. The van der Waals surface area contributed by atoms with E-state index in [-0.39, 0.29) is 12.8 Å². The van der Waals surface area contributed by atoms with Crippen LogP contribution in [0.25, 0.3) is 0 Å². The van der Waals surface area contributed by atoms with Gasteiger partial charge in [-0.1, -0.05) is 12.1 Å². The maximum atomic E-state index is 11.2. The molecule has 1 aromatic rings. The Balaban J connectivity index is 2.20. The molecule has 1 unspecified atom stereocenters. The van der Waals surface area contributed by atoms with Crippen molar-refractivity contribution in [3.8, 4) is 5.75 Å². The van der Waals surface area contributed by atoms with Crippen molar-refractivity contribution in [3.05, 3.63) is 29.8 Å². The van der Waals surface area contributed by atoms with E-state index in [0.717, 1.165) is 11.3 Å². The van der Waals surface area contributed by atoms with Crippen molar-refractivity contribution in [3.63, 3.8) is 0 Å². The first-order chi connectivity index (χ1) is 6.81. The minimum absolute atomic E-state index is 0.0372. The van der Waals surface area contributed by atoms with Gasteiger partial charge in [-0.3, -0.25) is 0 Å². The zero-order chi connectivity index (χ0) is 9.97. The Morgan fingerprint density at radius 2 is 2.07 bits per heavy atom. The molecular formula is C10H10O4. The van der Waals surface area contributed by atoms with Crippen molar-refractivity contribution in [1.29, 1.82) is 0 Å². The van der Waals surface area contributed by atoms with Gasteiger partial charge in [0.1, 0.15) is 5.75 Å². The van der Waals surface area contributed by atoms with Crippen LogP contribution in [0.15, 0.2) is 24.3 Å². The number of rotatable bonds is 2. The Labute approximate surface area is 81.4 Å². The first kappa shape index (κ1) is 9.02. The molecule has 1 fully saturated rings. The fourth-order valence-corrected chi connectivity index (χ4v) is 1.31. The van der Waals surface area contributed by atoms with Crippen LogP contribution in [0.1, 0.15) is 11.7 Å². The number of cyclic esters (lactones) is 1. The van der Waals surface area contributed by atoms with E-state index in [0.29, 0.717) is 0 Å². The molecule has 4 nitrogen and oxygen atoms in total. The Bertz CT molecular complexity index is 330. The van der Waals surface area contributed by atoms with E-state index in [4.69, 9.17) is 9.47 Å². The molecule has 1 aliphatic rings. The van der Waals surface area contributed by atoms with Gasteiger partial charge in [0.15, 0.2) is 12.9 Å². The van der Waals surface area contributed by atoms with Gasteiger partial charge in [-0.2, -0.15) is 0 Å². The predicted molar refractivity (Wildman–Crippen MR) is 47.8 cm³/mol. The molecule has 14 heavy (non-hydrogen) atoms. The summed E-state index contributed by atoms with van der Waals surface area (Å²) >= 11 is 0. The third-order valence-electron chi connectivity index (χ3n) is 2.07. The standard InChI is InChI=1S/C10H10O4/c1-12-8-4-2-7(3-5-8)9-10(11)14-6-13-9/h2-5,9H,6H2,1H3. The van der Waals surface area contributed by atoms with E-state index in [1.807, 2.05) is 0 Å². The molecule has 2 rings (SSSR count). The fraction of sp³-hybridized carbons (Fsp3) is 0.300. The van der Waals surface area contributed by atoms with Crippen LogP contribution in [0.2, 0.25) is 0 Å². The molecule has 0 saturated carbocycles. The summed E-state index contributed by atoms with van der Waals surface area (Å²) in [6, 6.07) is 7.14. The van der Waals surface area contributed by atoms with Crippen LogP contribution in [-0.4, -0.2) is 19.9 Å². The highest BCUT2D eigenvalue weighted by molar-refractivity contribution is 5.77. The van der Waals surface area contributed by atoms with Gasteiger partial charge in [-0.05, 0) is 17.7 Å². The zero-order valence-electron chi connectivity index (χ0n) is 7.73. The third-order valence-corrected chi connectivity index (χ3v) is 2.07. The number of esters is 1. The molecule has 0 bridgehead atoms. The summed E-state index contributed by atoms with van der Waals surface area (Å²) in [5.41, 5.74) is 0.785. The van der Waals surface area contributed by atoms with Crippen LogP contribution < -0.4 is 4.74 Å². The summed E-state index contributed by atoms with van der Waals surface area (Å²) in [6.07, 6.45) is -0.582. The highest BCUT2D eigenvalue weighted by Crippen LogP contribution is 2.25. The molecule has 0 N–H and O–H groups in total. The maximum absolute atomic E-state index is 11.2. The molecule has 1 saturated heterocycles. The van der Waals surface area contributed by atoms with E-state index in [9.17, 15) is 4.79 Å². The SMILES string of the molecule is COc1ccc(C2OCOC2=O)cc1. The van der Waals surface area contributed by atoms with Gasteiger partial charge >= 0.3 is 5.97 Å². The summed E-state index contributed by atoms with van der Waals surface area (Å²) in [4.78, 5) is 11.2. The van der Waals surface area contributed by atoms with E-state index in [2.05, 4.69) is 4.74 Å². The highest BCUT2D eigenvalue weighted by atomic mass is 16.7. The largest absolute Gasteiger partial charge is 0.497 e. The van der Waals surface area contributed by atoms with Crippen LogP contribution in [-0.2, 0) is 14.3 Å². The summed E-state index contributed by atoms with van der Waals surface area (Å²) < 4.78 is 14.8. The molecule has 0 aromatic heterocycles. The van der Waals surface area contributed by atoms with Gasteiger partial charge in [0.05, 0.1) is 7.11 Å². The molecule has 74 valence electrons. The zero-order valence-corrected chi connectivity index (χ0v) is 7.73. The van der Waals surface area contributed by atoms with Gasteiger partial charge in [0.25, 0.3) is 0 Å². The second kappa shape index (κ2) is 3.67. The number of carbonyl (C=O) groups is 1. The lowest BCUT2D eigenvalue weighted by atomic mass is 10.1. The van der Waals surface area contributed by atoms with E-state index in [1.165, 1.54) is 0 Å². The van der Waals surface area contributed by atoms with Crippen molar-refractivity contribution in [1.82, 2.24) is 0 Å². The normalized spacial score (nSPS) is 20.6. The molecule has 4 heteroatoms. The Morgan fingerprint density at radius 3 is 2.57 bits per heavy atom. The summed E-state index contributed by atoms with van der Waals surface area (Å²) in [5.74, 6) is 0.412. The molecule has 1 aromatic carbocycles. The van der Waals surface area contributed by atoms with Crippen molar-refractivity contribution in [2.75, 3.05) is 13.9 Å². The lowest BCUT2D eigenvalue weighted by Crippen LogP contribution is -2.06. The number of methoxy groups -OCH3 is 1. The average molecular weight is 194 g/mol. The third kappa shape index (κ3) is 1.56. The highest BCUT2D eigenvalue weighted by Gasteiger charge is 2.28. The molecule has 1 aliphatic heterocycles. The van der Waals surface area contributed by atoms with Crippen LogP contribution >= 0.6 is 0 Å². The van der Waals surface area contributed by atoms with Crippen molar-refractivity contribution in [2.24, 2.45) is 0 Å². The lowest BCUT2D eigenvalue weighted by molar-refractivity contribution is -0.139. The minimum Gasteiger partial charge on any atom is -0.497 e. The second-order valence-corrected chi connectivity index (χ2v) is 2.90. The first-order valence-electron chi connectivity index (χ1n) is 4.23. The van der Waals surface area contributed by atoms with Crippen LogP contribution in [0.5, 0.6) is 5.75 Å². The second-order valence-electron chi connectivity index (χ2n) is 2.90. The number of carbonyl (C=O) groups excluding carboxylic acids is 1. The molecule has 0 radical (unpaired) electrons. The Kier molecular flexibility index (Phi) is 2.37. The predicted octanol–water partition coefficient (Wildman–Crippen LogP) is 1.27. The van der Waals surface area contributed by atoms with Crippen LogP contribution in [0, 0.1) is 0 Å². The topological polar surface area (TPSA) is 44.8 Å². The van der Waals surface area contributed by atoms with E-state index in [1.54, 1.807) is 31.4 Å².